The summed E-state index contributed by atoms with van der Waals surface area (Å²) in [6.45, 7) is 7.65. The molecule has 17 heavy (non-hydrogen) atoms. The van der Waals surface area contributed by atoms with E-state index < -0.39 is 0 Å². The van der Waals surface area contributed by atoms with E-state index in [1.54, 1.807) is 0 Å². The maximum atomic E-state index is 5.47. The highest BCUT2D eigenvalue weighted by molar-refractivity contribution is 9.10. The lowest BCUT2D eigenvalue weighted by atomic mass is 10.1. The number of aromatic nitrogens is 2. The Morgan fingerprint density at radius 1 is 1.59 bits per heavy atom. The van der Waals surface area contributed by atoms with Crippen molar-refractivity contribution < 1.29 is 4.74 Å². The summed E-state index contributed by atoms with van der Waals surface area (Å²) in [6, 6.07) is 0.483. The van der Waals surface area contributed by atoms with Crippen LogP contribution in [-0.2, 0) is 17.8 Å². The van der Waals surface area contributed by atoms with E-state index in [4.69, 9.17) is 4.74 Å². The first kappa shape index (κ1) is 13.1. The number of hydrogen-bond donors (Lipinski definition) is 1. The Labute approximate surface area is 111 Å². The van der Waals surface area contributed by atoms with Gasteiger partial charge in [0.05, 0.1) is 22.5 Å². The normalized spacial score (nSPS) is 20.8. The number of rotatable bonds is 4. The van der Waals surface area contributed by atoms with Crippen LogP contribution in [0, 0.1) is 6.92 Å². The molecular weight excluding hydrogens is 282 g/mol. The molecule has 1 aliphatic heterocycles. The van der Waals surface area contributed by atoms with E-state index in [-0.39, 0.29) is 0 Å². The molecular formula is C12H20BrN3O. The van der Waals surface area contributed by atoms with Crippen LogP contribution in [0.5, 0.6) is 0 Å². The van der Waals surface area contributed by atoms with Gasteiger partial charge < -0.3 is 10.1 Å². The Bertz CT molecular complexity index is 372. The maximum Gasteiger partial charge on any atom is 0.0739 e. The summed E-state index contributed by atoms with van der Waals surface area (Å²) in [5.41, 5.74) is 2.29. The topological polar surface area (TPSA) is 39.1 Å². The molecule has 1 saturated heterocycles. The quantitative estimate of drug-likeness (QED) is 0.927. The monoisotopic (exact) mass is 301 g/mol. The van der Waals surface area contributed by atoms with Gasteiger partial charge in [0.15, 0.2) is 0 Å². The lowest BCUT2D eigenvalue weighted by Gasteiger charge is -2.23. The molecule has 2 heterocycles. The van der Waals surface area contributed by atoms with Gasteiger partial charge in [0.2, 0.25) is 0 Å². The molecule has 1 unspecified atom stereocenters. The van der Waals surface area contributed by atoms with Crippen LogP contribution in [0.1, 0.15) is 31.2 Å². The average molecular weight is 302 g/mol. The summed E-state index contributed by atoms with van der Waals surface area (Å²) in [4.78, 5) is 0. The lowest BCUT2D eigenvalue weighted by molar-refractivity contribution is 0.0697. The lowest BCUT2D eigenvalue weighted by Crippen LogP contribution is -2.36. The van der Waals surface area contributed by atoms with Crippen molar-refractivity contribution in [2.75, 3.05) is 13.2 Å². The minimum Gasteiger partial charge on any atom is -0.380 e. The van der Waals surface area contributed by atoms with Gasteiger partial charge in [-0.05, 0) is 42.6 Å². The van der Waals surface area contributed by atoms with Crippen molar-refractivity contribution >= 4 is 15.9 Å². The largest absolute Gasteiger partial charge is 0.380 e. The smallest absolute Gasteiger partial charge is 0.0739 e. The second kappa shape index (κ2) is 5.98. The first-order chi connectivity index (χ1) is 8.22. The van der Waals surface area contributed by atoms with Gasteiger partial charge >= 0.3 is 0 Å². The Balaban J connectivity index is 1.97. The fourth-order valence-corrected chi connectivity index (χ4v) is 2.60. The highest BCUT2D eigenvalue weighted by Crippen LogP contribution is 2.21. The SMILES string of the molecule is CCn1nc(C)c(Br)c1CNC1CCCOC1. The molecule has 0 saturated carbocycles. The Morgan fingerprint density at radius 3 is 3.06 bits per heavy atom. The Morgan fingerprint density at radius 2 is 2.41 bits per heavy atom. The maximum absolute atomic E-state index is 5.47. The molecule has 0 aromatic carbocycles. The van der Waals surface area contributed by atoms with Gasteiger partial charge in [-0.15, -0.1) is 0 Å². The van der Waals surface area contributed by atoms with E-state index in [0.29, 0.717) is 6.04 Å². The van der Waals surface area contributed by atoms with Crippen molar-refractivity contribution in [3.8, 4) is 0 Å². The summed E-state index contributed by atoms with van der Waals surface area (Å²) in [6.07, 6.45) is 2.36. The number of halogens is 1. The number of nitrogens with zero attached hydrogens (tertiary/aromatic N) is 2. The predicted octanol–water partition coefficient (Wildman–Crippen LogP) is 2.24. The van der Waals surface area contributed by atoms with Crippen LogP contribution in [-0.4, -0.2) is 29.0 Å². The molecule has 0 spiro atoms. The van der Waals surface area contributed by atoms with Crippen molar-refractivity contribution in [1.29, 1.82) is 0 Å². The van der Waals surface area contributed by atoms with E-state index in [1.165, 1.54) is 12.1 Å². The molecule has 0 bridgehead atoms. The van der Waals surface area contributed by atoms with Crippen LogP contribution < -0.4 is 5.32 Å². The van der Waals surface area contributed by atoms with E-state index >= 15 is 0 Å². The van der Waals surface area contributed by atoms with Crippen LogP contribution >= 0.6 is 15.9 Å². The molecule has 1 N–H and O–H groups in total. The standard InChI is InChI=1S/C12H20BrN3O/c1-3-16-11(12(13)9(2)15-16)7-14-10-5-4-6-17-8-10/h10,14H,3-8H2,1-2H3. The highest BCUT2D eigenvalue weighted by Gasteiger charge is 2.16. The molecule has 1 fully saturated rings. The van der Waals surface area contributed by atoms with Crippen LogP contribution in [0.4, 0.5) is 0 Å². The number of ether oxygens (including phenoxy) is 1. The minimum atomic E-state index is 0.483. The van der Waals surface area contributed by atoms with E-state index in [0.717, 1.165) is 42.9 Å². The summed E-state index contributed by atoms with van der Waals surface area (Å²) in [7, 11) is 0. The van der Waals surface area contributed by atoms with Gasteiger partial charge in [0.25, 0.3) is 0 Å². The molecule has 2 rings (SSSR count). The van der Waals surface area contributed by atoms with Crippen LogP contribution in [0.15, 0.2) is 4.47 Å². The molecule has 0 radical (unpaired) electrons. The van der Waals surface area contributed by atoms with Gasteiger partial charge in [-0.2, -0.15) is 5.10 Å². The average Bonchev–Trinajstić information content (AvgIpc) is 2.64. The molecule has 0 amide bonds. The van der Waals surface area contributed by atoms with Crippen LogP contribution in [0.2, 0.25) is 0 Å². The first-order valence-electron chi connectivity index (χ1n) is 6.25. The minimum absolute atomic E-state index is 0.483. The Kier molecular flexibility index (Phi) is 4.59. The summed E-state index contributed by atoms with van der Waals surface area (Å²) >= 11 is 3.61. The molecule has 5 heteroatoms. The van der Waals surface area contributed by atoms with Crippen molar-refractivity contribution in [3.63, 3.8) is 0 Å². The van der Waals surface area contributed by atoms with Crippen molar-refractivity contribution in [3.05, 3.63) is 15.9 Å². The second-order valence-corrected chi connectivity index (χ2v) is 5.25. The second-order valence-electron chi connectivity index (χ2n) is 4.46. The third-order valence-electron chi connectivity index (χ3n) is 3.17. The fraction of sp³-hybridized carbons (Fsp3) is 0.750. The van der Waals surface area contributed by atoms with Gasteiger partial charge in [0, 0.05) is 25.7 Å². The van der Waals surface area contributed by atoms with Crippen molar-refractivity contribution in [2.24, 2.45) is 0 Å². The summed E-state index contributed by atoms with van der Waals surface area (Å²) < 4.78 is 8.65. The third kappa shape index (κ3) is 3.09. The molecule has 1 aromatic rings. The predicted molar refractivity (Wildman–Crippen MR) is 71.0 cm³/mol. The van der Waals surface area contributed by atoms with Gasteiger partial charge in [-0.25, -0.2) is 0 Å². The van der Waals surface area contributed by atoms with Gasteiger partial charge in [-0.3, -0.25) is 4.68 Å². The van der Waals surface area contributed by atoms with E-state index in [1.807, 2.05) is 6.92 Å². The number of nitrogens with one attached hydrogen (secondary N) is 1. The molecule has 0 aliphatic carbocycles. The zero-order valence-electron chi connectivity index (χ0n) is 10.5. The molecule has 1 atom stereocenters. The molecule has 96 valence electrons. The molecule has 1 aromatic heterocycles. The summed E-state index contributed by atoms with van der Waals surface area (Å²) in [5.74, 6) is 0. The highest BCUT2D eigenvalue weighted by atomic mass is 79.9. The molecule has 4 nitrogen and oxygen atoms in total. The zero-order chi connectivity index (χ0) is 12.3. The van der Waals surface area contributed by atoms with E-state index in [9.17, 15) is 0 Å². The summed E-state index contributed by atoms with van der Waals surface area (Å²) in [5, 5.41) is 8.04. The Hall–Kier alpha value is -0.390. The molecule has 1 aliphatic rings. The third-order valence-corrected chi connectivity index (χ3v) is 4.20. The zero-order valence-corrected chi connectivity index (χ0v) is 12.1. The first-order valence-corrected chi connectivity index (χ1v) is 7.04. The fourth-order valence-electron chi connectivity index (χ4n) is 2.18. The number of hydrogen-bond acceptors (Lipinski definition) is 3. The van der Waals surface area contributed by atoms with Crippen LogP contribution in [0.25, 0.3) is 0 Å². The van der Waals surface area contributed by atoms with Crippen LogP contribution in [0.3, 0.4) is 0 Å². The van der Waals surface area contributed by atoms with E-state index in [2.05, 4.69) is 38.0 Å². The van der Waals surface area contributed by atoms with Gasteiger partial charge in [-0.1, -0.05) is 0 Å². The number of aryl methyl sites for hydroxylation is 2. The van der Waals surface area contributed by atoms with Crippen molar-refractivity contribution in [2.45, 2.75) is 45.8 Å². The van der Waals surface area contributed by atoms with Gasteiger partial charge in [0.1, 0.15) is 0 Å². The van der Waals surface area contributed by atoms with Crippen molar-refractivity contribution in [1.82, 2.24) is 15.1 Å².